The van der Waals surface area contributed by atoms with Gasteiger partial charge in [0, 0.05) is 10.9 Å². The Bertz CT molecular complexity index is 587. The van der Waals surface area contributed by atoms with Crippen LogP contribution in [0.25, 0.3) is 11.3 Å². The third kappa shape index (κ3) is 2.68. The van der Waals surface area contributed by atoms with Crippen molar-refractivity contribution < 1.29 is 13.5 Å². The van der Waals surface area contributed by atoms with E-state index in [-0.39, 0.29) is 5.75 Å². The minimum absolute atomic E-state index is 0.307. The van der Waals surface area contributed by atoms with Gasteiger partial charge in [-0.05, 0) is 30.9 Å². The summed E-state index contributed by atoms with van der Waals surface area (Å²) >= 11 is 1.23. The molecule has 100 valence electrons. The number of benzene rings is 1. The number of thiazole rings is 1. The van der Waals surface area contributed by atoms with Crippen LogP contribution in [0.1, 0.15) is 12.8 Å². The predicted octanol–water partition coefficient (Wildman–Crippen LogP) is 3.46. The third-order valence-electron chi connectivity index (χ3n) is 2.98. The Labute approximate surface area is 113 Å². The van der Waals surface area contributed by atoms with Crippen molar-refractivity contribution in [2.24, 2.45) is 5.92 Å². The van der Waals surface area contributed by atoms with Gasteiger partial charge in [-0.15, -0.1) is 11.3 Å². The lowest BCUT2D eigenvalue weighted by Crippen LogP contribution is -2.03. The van der Waals surface area contributed by atoms with Crippen LogP contribution < -0.4 is 10.5 Å². The highest BCUT2D eigenvalue weighted by molar-refractivity contribution is 7.13. The summed E-state index contributed by atoms with van der Waals surface area (Å²) in [5, 5.41) is 2.03. The molecule has 3 rings (SSSR count). The lowest BCUT2D eigenvalue weighted by Gasteiger charge is -2.09. The fraction of sp³-hybridized carbons (Fsp3) is 0.308. The van der Waals surface area contributed by atoms with Gasteiger partial charge in [0.05, 0.1) is 12.3 Å². The molecule has 1 saturated carbocycles. The summed E-state index contributed by atoms with van der Waals surface area (Å²) in [6.45, 7) is 0.372. The standard InChI is InChI=1S/C13H12F2N2OS/c14-9-3-8(11-6-19-13(16)17-11)4-10(15)12(9)18-5-7-1-2-7/h3-4,6-7H,1-2,5H2,(H2,16,17). The van der Waals surface area contributed by atoms with Crippen LogP contribution in [0, 0.1) is 17.6 Å². The van der Waals surface area contributed by atoms with E-state index in [2.05, 4.69) is 4.98 Å². The molecule has 0 unspecified atom stereocenters. The fourth-order valence-corrected chi connectivity index (χ4v) is 2.32. The molecule has 2 aromatic rings. The molecule has 1 heterocycles. The molecule has 6 heteroatoms. The average Bonchev–Trinajstić information content (AvgIpc) is 3.08. The summed E-state index contributed by atoms with van der Waals surface area (Å²) in [6.07, 6.45) is 2.14. The normalized spacial score (nSPS) is 14.6. The first-order valence-electron chi connectivity index (χ1n) is 5.96. The molecule has 0 spiro atoms. The summed E-state index contributed by atoms with van der Waals surface area (Å²) < 4.78 is 32.9. The Morgan fingerprint density at radius 3 is 2.53 bits per heavy atom. The summed E-state index contributed by atoms with van der Waals surface area (Å²) in [5.41, 5.74) is 6.33. The molecule has 2 N–H and O–H groups in total. The number of nitrogen functional groups attached to an aromatic ring is 1. The van der Waals surface area contributed by atoms with Gasteiger partial charge in [-0.25, -0.2) is 13.8 Å². The van der Waals surface area contributed by atoms with Crippen LogP contribution in [-0.4, -0.2) is 11.6 Å². The quantitative estimate of drug-likeness (QED) is 0.934. The van der Waals surface area contributed by atoms with E-state index in [1.165, 1.54) is 23.5 Å². The highest BCUT2D eigenvalue weighted by Gasteiger charge is 2.24. The summed E-state index contributed by atoms with van der Waals surface area (Å²) in [7, 11) is 0. The van der Waals surface area contributed by atoms with Gasteiger partial charge in [0.25, 0.3) is 0 Å². The topological polar surface area (TPSA) is 48.1 Å². The Morgan fingerprint density at radius 2 is 2.00 bits per heavy atom. The Balaban J connectivity index is 1.87. The van der Waals surface area contributed by atoms with Crippen molar-refractivity contribution in [2.45, 2.75) is 12.8 Å². The van der Waals surface area contributed by atoms with Crippen molar-refractivity contribution in [3.63, 3.8) is 0 Å². The molecule has 1 aromatic heterocycles. The number of halogens is 2. The Kier molecular flexibility index (Phi) is 3.10. The first-order valence-corrected chi connectivity index (χ1v) is 6.84. The minimum Gasteiger partial charge on any atom is -0.487 e. The van der Waals surface area contributed by atoms with Gasteiger partial charge in [0.15, 0.2) is 22.5 Å². The maximum Gasteiger partial charge on any atom is 0.190 e. The van der Waals surface area contributed by atoms with Gasteiger partial charge in [0.2, 0.25) is 0 Å². The van der Waals surface area contributed by atoms with Crippen LogP contribution in [0.2, 0.25) is 0 Å². The van der Waals surface area contributed by atoms with Crippen LogP contribution in [0.15, 0.2) is 17.5 Å². The molecule has 19 heavy (non-hydrogen) atoms. The molecule has 0 saturated heterocycles. The van der Waals surface area contributed by atoms with E-state index >= 15 is 0 Å². The first-order chi connectivity index (χ1) is 9.13. The molecule has 1 aliphatic carbocycles. The SMILES string of the molecule is Nc1nc(-c2cc(F)c(OCC3CC3)c(F)c2)cs1. The number of aromatic nitrogens is 1. The lowest BCUT2D eigenvalue weighted by molar-refractivity contribution is 0.270. The maximum absolute atomic E-state index is 13.9. The Morgan fingerprint density at radius 1 is 1.32 bits per heavy atom. The monoisotopic (exact) mass is 282 g/mol. The van der Waals surface area contributed by atoms with Gasteiger partial charge < -0.3 is 10.5 Å². The molecule has 1 aliphatic rings. The largest absolute Gasteiger partial charge is 0.487 e. The average molecular weight is 282 g/mol. The van der Waals surface area contributed by atoms with Crippen molar-refractivity contribution in [1.29, 1.82) is 0 Å². The molecule has 0 bridgehead atoms. The number of hydrogen-bond donors (Lipinski definition) is 1. The van der Waals surface area contributed by atoms with Gasteiger partial charge in [-0.3, -0.25) is 0 Å². The Hall–Kier alpha value is -1.69. The molecular formula is C13H12F2N2OS. The first kappa shape index (κ1) is 12.3. The molecule has 0 atom stereocenters. The molecular weight excluding hydrogens is 270 g/mol. The zero-order chi connectivity index (χ0) is 13.4. The molecule has 0 aliphatic heterocycles. The summed E-state index contributed by atoms with van der Waals surface area (Å²) in [6, 6.07) is 2.44. The second kappa shape index (κ2) is 4.77. The predicted molar refractivity (Wildman–Crippen MR) is 70.1 cm³/mol. The van der Waals surface area contributed by atoms with Crippen LogP contribution in [0.5, 0.6) is 5.75 Å². The fourth-order valence-electron chi connectivity index (χ4n) is 1.75. The number of nitrogens with two attached hydrogens (primary N) is 1. The number of anilines is 1. The van der Waals surface area contributed by atoms with Gasteiger partial charge >= 0.3 is 0 Å². The van der Waals surface area contributed by atoms with Gasteiger partial charge in [-0.1, -0.05) is 0 Å². The summed E-state index contributed by atoms with van der Waals surface area (Å²) in [4.78, 5) is 4.00. The van der Waals surface area contributed by atoms with Gasteiger partial charge in [0.1, 0.15) is 0 Å². The van der Waals surface area contributed by atoms with E-state index in [1.54, 1.807) is 5.38 Å². The molecule has 1 fully saturated rings. The van der Waals surface area contributed by atoms with Crippen molar-refractivity contribution in [3.8, 4) is 17.0 Å². The highest BCUT2D eigenvalue weighted by Crippen LogP contribution is 2.33. The van der Waals surface area contributed by atoms with Crippen LogP contribution in [-0.2, 0) is 0 Å². The van der Waals surface area contributed by atoms with Gasteiger partial charge in [-0.2, -0.15) is 0 Å². The summed E-state index contributed by atoms with van der Waals surface area (Å²) in [5.74, 6) is -1.28. The number of hydrogen-bond acceptors (Lipinski definition) is 4. The van der Waals surface area contributed by atoms with Crippen LogP contribution in [0.3, 0.4) is 0 Å². The lowest BCUT2D eigenvalue weighted by atomic mass is 10.1. The van der Waals surface area contributed by atoms with E-state index < -0.39 is 11.6 Å². The van der Waals surface area contributed by atoms with E-state index in [4.69, 9.17) is 10.5 Å². The minimum atomic E-state index is -0.706. The van der Waals surface area contributed by atoms with Crippen molar-refractivity contribution in [1.82, 2.24) is 4.98 Å². The smallest absolute Gasteiger partial charge is 0.190 e. The molecule has 3 nitrogen and oxygen atoms in total. The van der Waals surface area contributed by atoms with Crippen LogP contribution >= 0.6 is 11.3 Å². The third-order valence-corrected chi connectivity index (χ3v) is 3.65. The van der Waals surface area contributed by atoms with Crippen LogP contribution in [0.4, 0.5) is 13.9 Å². The van der Waals surface area contributed by atoms with E-state index in [1.807, 2.05) is 0 Å². The van der Waals surface area contributed by atoms with Crippen molar-refractivity contribution in [3.05, 3.63) is 29.1 Å². The van der Waals surface area contributed by atoms with E-state index in [9.17, 15) is 8.78 Å². The van der Waals surface area contributed by atoms with Crippen molar-refractivity contribution in [2.75, 3.05) is 12.3 Å². The zero-order valence-electron chi connectivity index (χ0n) is 10.0. The van der Waals surface area contributed by atoms with E-state index in [0.29, 0.717) is 28.9 Å². The molecule has 0 amide bonds. The number of ether oxygens (including phenoxy) is 1. The number of nitrogens with zero attached hydrogens (tertiary/aromatic N) is 1. The van der Waals surface area contributed by atoms with E-state index in [0.717, 1.165) is 12.8 Å². The maximum atomic E-state index is 13.9. The second-order valence-corrected chi connectivity index (χ2v) is 5.48. The number of rotatable bonds is 4. The second-order valence-electron chi connectivity index (χ2n) is 4.59. The molecule has 1 aromatic carbocycles. The zero-order valence-corrected chi connectivity index (χ0v) is 10.8. The van der Waals surface area contributed by atoms with Crippen molar-refractivity contribution >= 4 is 16.5 Å². The molecule has 0 radical (unpaired) electrons. The highest BCUT2D eigenvalue weighted by atomic mass is 32.1.